The number of rotatable bonds is 5. The van der Waals surface area contributed by atoms with Gasteiger partial charge in [0.15, 0.2) is 0 Å². The van der Waals surface area contributed by atoms with Crippen molar-refractivity contribution in [1.82, 2.24) is 14.6 Å². The van der Waals surface area contributed by atoms with Crippen molar-refractivity contribution >= 4 is 31.9 Å². The van der Waals surface area contributed by atoms with Crippen LogP contribution in [0, 0.1) is 0 Å². The van der Waals surface area contributed by atoms with Crippen LogP contribution in [0.4, 0.5) is 0 Å². The van der Waals surface area contributed by atoms with E-state index in [1.54, 1.807) is 18.2 Å². The molecule has 1 N–H and O–H groups in total. The summed E-state index contributed by atoms with van der Waals surface area (Å²) >= 11 is 3.16. The first-order valence-corrected chi connectivity index (χ1v) is 7.54. The maximum atomic E-state index is 11.6. The van der Waals surface area contributed by atoms with E-state index < -0.39 is 15.9 Å². The van der Waals surface area contributed by atoms with Crippen molar-refractivity contribution in [1.29, 1.82) is 0 Å². The Morgan fingerprint density at radius 2 is 2.11 bits per heavy atom. The van der Waals surface area contributed by atoms with E-state index in [0.29, 0.717) is 4.60 Å². The summed E-state index contributed by atoms with van der Waals surface area (Å²) in [5, 5.41) is 2.51. The number of amides is 1. The molecule has 0 fully saturated rings. The molecule has 0 aliphatic carbocycles. The summed E-state index contributed by atoms with van der Waals surface area (Å²) in [4.78, 5) is 15.6. The molecule has 1 amide bonds. The number of sulfonamides is 1. The molecule has 0 aliphatic heterocycles. The Kier molecular flexibility index (Phi) is 5.24. The van der Waals surface area contributed by atoms with Crippen LogP contribution in [0.25, 0.3) is 0 Å². The van der Waals surface area contributed by atoms with E-state index in [0.717, 1.165) is 4.31 Å². The quantitative estimate of drug-likeness (QED) is 0.793. The summed E-state index contributed by atoms with van der Waals surface area (Å²) in [6, 6.07) is 4.94. The maximum absolute atomic E-state index is 11.6. The molecule has 0 aromatic carbocycles. The number of carbonyl (C=O) groups is 1. The smallest absolute Gasteiger partial charge is 0.269 e. The lowest BCUT2D eigenvalue weighted by molar-refractivity contribution is 0.0951. The highest BCUT2D eigenvalue weighted by molar-refractivity contribution is 9.10. The van der Waals surface area contributed by atoms with Crippen molar-refractivity contribution in [2.24, 2.45) is 0 Å². The van der Waals surface area contributed by atoms with Gasteiger partial charge in [0.05, 0.1) is 5.75 Å². The van der Waals surface area contributed by atoms with E-state index in [4.69, 9.17) is 0 Å². The molecule has 0 radical (unpaired) electrons. The minimum Gasteiger partial charge on any atom is -0.350 e. The van der Waals surface area contributed by atoms with Gasteiger partial charge in [-0.3, -0.25) is 4.79 Å². The van der Waals surface area contributed by atoms with Crippen LogP contribution in [0.2, 0.25) is 0 Å². The Bertz CT molecular complexity index is 531. The number of pyridine rings is 1. The summed E-state index contributed by atoms with van der Waals surface area (Å²) < 4.78 is 24.6. The first-order valence-electron chi connectivity index (χ1n) is 5.14. The van der Waals surface area contributed by atoms with Gasteiger partial charge in [0.2, 0.25) is 10.0 Å². The summed E-state index contributed by atoms with van der Waals surface area (Å²) in [7, 11) is -0.392. The molecule has 100 valence electrons. The number of halogens is 1. The van der Waals surface area contributed by atoms with Crippen LogP contribution in [0.15, 0.2) is 22.8 Å². The molecule has 1 aromatic heterocycles. The number of hydrogen-bond donors (Lipinski definition) is 1. The standard InChI is InChI=1S/C10H14BrN3O3S/c1-14(2)18(16,17)7-6-12-10(15)8-4-3-5-9(11)13-8/h3-5H,6-7H2,1-2H3,(H,12,15). The van der Waals surface area contributed by atoms with Crippen LogP contribution in [0.3, 0.4) is 0 Å². The average Bonchev–Trinajstić information content (AvgIpc) is 2.28. The van der Waals surface area contributed by atoms with Gasteiger partial charge in [-0.1, -0.05) is 6.07 Å². The van der Waals surface area contributed by atoms with Gasteiger partial charge in [0.1, 0.15) is 10.3 Å². The number of nitrogens with zero attached hydrogens (tertiary/aromatic N) is 2. The molecule has 1 heterocycles. The van der Waals surface area contributed by atoms with Crippen molar-refractivity contribution in [2.45, 2.75) is 0 Å². The van der Waals surface area contributed by atoms with Crippen molar-refractivity contribution in [3.63, 3.8) is 0 Å². The number of aromatic nitrogens is 1. The number of hydrogen-bond acceptors (Lipinski definition) is 4. The minimum atomic E-state index is -3.30. The van der Waals surface area contributed by atoms with Crippen LogP contribution in [-0.2, 0) is 10.0 Å². The van der Waals surface area contributed by atoms with Gasteiger partial charge in [-0.25, -0.2) is 17.7 Å². The zero-order valence-corrected chi connectivity index (χ0v) is 12.5. The largest absolute Gasteiger partial charge is 0.350 e. The lowest BCUT2D eigenvalue weighted by atomic mass is 10.3. The molecule has 6 nitrogen and oxygen atoms in total. The molecule has 0 bridgehead atoms. The van der Waals surface area contributed by atoms with Gasteiger partial charge in [0, 0.05) is 20.6 Å². The zero-order valence-electron chi connectivity index (χ0n) is 10.1. The first-order chi connectivity index (χ1) is 8.33. The summed E-state index contributed by atoms with van der Waals surface area (Å²) in [5.41, 5.74) is 0.242. The van der Waals surface area contributed by atoms with E-state index in [1.807, 2.05) is 0 Å². The topological polar surface area (TPSA) is 79.4 Å². The van der Waals surface area contributed by atoms with Crippen LogP contribution in [0.1, 0.15) is 10.5 Å². The van der Waals surface area contributed by atoms with Gasteiger partial charge < -0.3 is 5.32 Å². The molecule has 8 heteroatoms. The Morgan fingerprint density at radius 1 is 1.44 bits per heavy atom. The molecule has 0 spiro atoms. The molecule has 18 heavy (non-hydrogen) atoms. The molecule has 0 saturated carbocycles. The summed E-state index contributed by atoms with van der Waals surface area (Å²) in [6.07, 6.45) is 0. The lowest BCUT2D eigenvalue weighted by Gasteiger charge is -2.11. The number of carbonyl (C=O) groups excluding carboxylic acids is 1. The summed E-state index contributed by atoms with van der Waals surface area (Å²) in [5.74, 6) is -0.537. The van der Waals surface area contributed by atoms with Crippen LogP contribution in [0.5, 0.6) is 0 Å². The first kappa shape index (κ1) is 15.1. The lowest BCUT2D eigenvalue weighted by Crippen LogP contribution is -2.34. The Hall–Kier alpha value is -0.990. The maximum Gasteiger partial charge on any atom is 0.269 e. The van der Waals surface area contributed by atoms with Crippen LogP contribution >= 0.6 is 15.9 Å². The third-order valence-corrected chi connectivity index (χ3v) is 4.42. The van der Waals surface area contributed by atoms with Crippen molar-refractivity contribution in [3.05, 3.63) is 28.5 Å². The molecule has 0 unspecified atom stereocenters. The van der Waals surface area contributed by atoms with Gasteiger partial charge in [0.25, 0.3) is 5.91 Å². The second-order valence-electron chi connectivity index (χ2n) is 3.70. The highest BCUT2D eigenvalue weighted by atomic mass is 79.9. The van der Waals surface area contributed by atoms with Gasteiger partial charge in [-0.15, -0.1) is 0 Å². The van der Waals surface area contributed by atoms with E-state index >= 15 is 0 Å². The average molecular weight is 336 g/mol. The molecule has 1 aromatic rings. The highest BCUT2D eigenvalue weighted by Gasteiger charge is 2.14. The monoisotopic (exact) mass is 335 g/mol. The van der Waals surface area contributed by atoms with Crippen molar-refractivity contribution in [2.75, 3.05) is 26.4 Å². The fourth-order valence-corrected chi connectivity index (χ4v) is 2.17. The fraction of sp³-hybridized carbons (Fsp3) is 0.400. The van der Waals surface area contributed by atoms with E-state index in [9.17, 15) is 13.2 Å². The Balaban J connectivity index is 2.53. The fourth-order valence-electron chi connectivity index (χ4n) is 1.10. The summed E-state index contributed by atoms with van der Waals surface area (Å²) in [6.45, 7) is 0.0491. The Morgan fingerprint density at radius 3 is 2.67 bits per heavy atom. The number of nitrogens with one attached hydrogen (secondary N) is 1. The molecule has 0 aliphatic rings. The van der Waals surface area contributed by atoms with Gasteiger partial charge in [-0.05, 0) is 28.1 Å². The van der Waals surface area contributed by atoms with Crippen LogP contribution < -0.4 is 5.32 Å². The third-order valence-electron chi connectivity index (χ3n) is 2.15. The molecule has 1 rings (SSSR count). The van der Waals surface area contributed by atoms with Crippen molar-refractivity contribution < 1.29 is 13.2 Å². The van der Waals surface area contributed by atoms with E-state index in [2.05, 4.69) is 26.2 Å². The van der Waals surface area contributed by atoms with Gasteiger partial charge in [-0.2, -0.15) is 0 Å². The Labute approximate surface area is 115 Å². The predicted molar refractivity (Wildman–Crippen MR) is 71.7 cm³/mol. The SMILES string of the molecule is CN(C)S(=O)(=O)CCNC(=O)c1cccc(Br)n1. The minimum absolute atomic E-state index is 0.0491. The molecule has 0 saturated heterocycles. The molecular weight excluding hydrogens is 322 g/mol. The molecular formula is C10H14BrN3O3S. The second kappa shape index (κ2) is 6.26. The van der Waals surface area contributed by atoms with E-state index in [1.165, 1.54) is 14.1 Å². The van der Waals surface area contributed by atoms with Crippen molar-refractivity contribution in [3.8, 4) is 0 Å². The second-order valence-corrected chi connectivity index (χ2v) is 6.81. The highest BCUT2D eigenvalue weighted by Crippen LogP contribution is 2.05. The normalized spacial score (nSPS) is 11.6. The predicted octanol–water partition coefficient (Wildman–Crippen LogP) is 0.465. The van der Waals surface area contributed by atoms with Crippen LogP contribution in [-0.4, -0.2) is 50.0 Å². The van der Waals surface area contributed by atoms with E-state index in [-0.39, 0.29) is 18.0 Å². The zero-order chi connectivity index (χ0) is 13.8. The third kappa shape index (κ3) is 4.35. The van der Waals surface area contributed by atoms with Gasteiger partial charge >= 0.3 is 0 Å². The molecule has 0 atom stereocenters.